The summed E-state index contributed by atoms with van der Waals surface area (Å²) in [4.78, 5) is 29.5. The van der Waals surface area contributed by atoms with Crippen molar-refractivity contribution in [1.82, 2.24) is 10.2 Å². The zero-order valence-electron chi connectivity index (χ0n) is 22.9. The highest BCUT2D eigenvalue weighted by Crippen LogP contribution is 2.23. The van der Waals surface area contributed by atoms with Crippen molar-refractivity contribution in [2.24, 2.45) is 0 Å². The summed E-state index contributed by atoms with van der Waals surface area (Å²) < 4.78 is 27.6. The number of carbonyl (C=O) groups excluding carboxylic acids is 2. The molecule has 1 aliphatic carbocycles. The molecule has 3 aromatic rings. The van der Waals surface area contributed by atoms with E-state index in [1.54, 1.807) is 29.2 Å². The summed E-state index contributed by atoms with van der Waals surface area (Å²) in [7, 11) is -3.79. The van der Waals surface area contributed by atoms with E-state index in [9.17, 15) is 18.0 Å². The lowest BCUT2D eigenvalue weighted by Gasteiger charge is -2.34. The second-order valence-electron chi connectivity index (χ2n) is 10.4. The number of anilines is 1. The summed E-state index contributed by atoms with van der Waals surface area (Å²) in [6.07, 6.45) is 5.37. The van der Waals surface area contributed by atoms with E-state index in [0.717, 1.165) is 57.4 Å². The first-order valence-corrected chi connectivity index (χ1v) is 16.2. The Morgan fingerprint density at radius 1 is 0.925 bits per heavy atom. The number of benzene rings is 3. The predicted octanol–water partition coefficient (Wildman–Crippen LogP) is 5.22. The number of nitrogens with one attached hydrogen (secondary N) is 1. The summed E-state index contributed by atoms with van der Waals surface area (Å²) in [6, 6.07) is 23.4. The average molecular weight is 627 g/mol. The van der Waals surface area contributed by atoms with Gasteiger partial charge in [0.15, 0.2) is 0 Å². The Bertz CT molecular complexity index is 1390. The predicted molar refractivity (Wildman–Crippen MR) is 162 cm³/mol. The molecule has 9 heteroatoms. The summed E-state index contributed by atoms with van der Waals surface area (Å²) >= 11 is 3.38. The van der Waals surface area contributed by atoms with E-state index in [1.807, 2.05) is 61.5 Å². The number of hydrogen-bond donors (Lipinski definition) is 1. The Labute approximate surface area is 245 Å². The number of halogens is 1. The van der Waals surface area contributed by atoms with Gasteiger partial charge in [-0.2, -0.15) is 0 Å². The molecule has 0 aliphatic heterocycles. The smallest absolute Gasteiger partial charge is 0.244 e. The van der Waals surface area contributed by atoms with Gasteiger partial charge >= 0.3 is 0 Å². The van der Waals surface area contributed by atoms with Crippen LogP contribution in [0, 0.1) is 6.92 Å². The second-order valence-corrected chi connectivity index (χ2v) is 13.3. The molecule has 1 atom stereocenters. The van der Waals surface area contributed by atoms with E-state index in [1.165, 1.54) is 0 Å². The number of carbonyl (C=O) groups is 2. The standard InChI is InChI=1S/C31H36BrN3O4S/c1-23-12-14-25(15-13-23)21-34(30(36)22-35(40(2,38)39)28-18-16-26(32)17-19-28)29(20-24-8-4-3-5-9-24)31(37)33-27-10-6-7-11-27/h3-5,8-9,12-19,27,29H,6-7,10-11,20-22H2,1-2H3,(H,33,37)/t29-/m0/s1. The molecule has 0 unspecified atom stereocenters. The average Bonchev–Trinajstić information content (AvgIpc) is 3.44. The molecule has 0 bridgehead atoms. The fourth-order valence-electron chi connectivity index (χ4n) is 5.03. The van der Waals surface area contributed by atoms with Gasteiger partial charge in [-0.3, -0.25) is 13.9 Å². The minimum atomic E-state index is -3.79. The lowest BCUT2D eigenvalue weighted by Crippen LogP contribution is -2.54. The maximum atomic E-state index is 14.1. The molecule has 40 heavy (non-hydrogen) atoms. The molecule has 1 N–H and O–H groups in total. The molecule has 0 aromatic heterocycles. The fraction of sp³-hybridized carbons (Fsp3) is 0.355. The van der Waals surface area contributed by atoms with Crippen molar-refractivity contribution in [2.45, 2.75) is 57.7 Å². The molecule has 0 heterocycles. The van der Waals surface area contributed by atoms with Crippen LogP contribution in [0.2, 0.25) is 0 Å². The number of amides is 2. The number of hydrogen-bond acceptors (Lipinski definition) is 4. The number of sulfonamides is 1. The maximum absolute atomic E-state index is 14.1. The number of aryl methyl sites for hydroxylation is 1. The van der Waals surface area contributed by atoms with Crippen molar-refractivity contribution in [3.05, 3.63) is 100 Å². The first kappa shape index (κ1) is 29.8. The molecule has 2 amide bonds. The van der Waals surface area contributed by atoms with E-state index in [4.69, 9.17) is 0 Å². The van der Waals surface area contributed by atoms with Crippen LogP contribution in [0.4, 0.5) is 5.69 Å². The third kappa shape index (κ3) is 8.17. The largest absolute Gasteiger partial charge is 0.352 e. The Morgan fingerprint density at radius 2 is 1.55 bits per heavy atom. The van der Waals surface area contributed by atoms with Crippen molar-refractivity contribution >= 4 is 43.5 Å². The van der Waals surface area contributed by atoms with E-state index >= 15 is 0 Å². The van der Waals surface area contributed by atoms with Gasteiger partial charge in [0.05, 0.1) is 11.9 Å². The van der Waals surface area contributed by atoms with Crippen LogP contribution in [0.5, 0.6) is 0 Å². The minimum absolute atomic E-state index is 0.0809. The molecule has 1 fully saturated rings. The minimum Gasteiger partial charge on any atom is -0.352 e. The molecule has 4 rings (SSSR count). The van der Waals surface area contributed by atoms with Gasteiger partial charge in [0.1, 0.15) is 12.6 Å². The first-order valence-electron chi connectivity index (χ1n) is 13.5. The molecule has 0 saturated heterocycles. The van der Waals surface area contributed by atoms with Crippen LogP contribution in [-0.4, -0.2) is 50.0 Å². The zero-order valence-corrected chi connectivity index (χ0v) is 25.3. The molecule has 212 valence electrons. The Hall–Kier alpha value is -3.17. The van der Waals surface area contributed by atoms with Crippen molar-refractivity contribution in [2.75, 3.05) is 17.1 Å². The van der Waals surface area contributed by atoms with Crippen molar-refractivity contribution in [1.29, 1.82) is 0 Å². The monoisotopic (exact) mass is 625 g/mol. The highest BCUT2D eigenvalue weighted by molar-refractivity contribution is 9.10. The highest BCUT2D eigenvalue weighted by Gasteiger charge is 2.34. The Balaban J connectivity index is 1.71. The SMILES string of the molecule is Cc1ccc(CN(C(=O)CN(c2ccc(Br)cc2)S(C)(=O)=O)[C@@H](Cc2ccccc2)C(=O)NC2CCCC2)cc1. The van der Waals surface area contributed by atoms with Gasteiger partial charge in [0.2, 0.25) is 21.8 Å². The quantitative estimate of drug-likeness (QED) is 0.316. The Kier molecular flexibility index (Phi) is 10.0. The van der Waals surface area contributed by atoms with Crippen molar-refractivity contribution in [3.8, 4) is 0 Å². The highest BCUT2D eigenvalue weighted by atomic mass is 79.9. The van der Waals surface area contributed by atoms with Crippen molar-refractivity contribution in [3.63, 3.8) is 0 Å². The lowest BCUT2D eigenvalue weighted by molar-refractivity contribution is -0.140. The van der Waals surface area contributed by atoms with Crippen LogP contribution in [0.3, 0.4) is 0 Å². The zero-order chi connectivity index (χ0) is 28.7. The van der Waals surface area contributed by atoms with Crippen LogP contribution in [0.1, 0.15) is 42.4 Å². The van der Waals surface area contributed by atoms with Crippen LogP contribution < -0.4 is 9.62 Å². The van der Waals surface area contributed by atoms with Gasteiger partial charge in [-0.05, 0) is 55.2 Å². The van der Waals surface area contributed by atoms with Gasteiger partial charge in [0.25, 0.3) is 0 Å². The second kappa shape index (κ2) is 13.5. The molecule has 0 radical (unpaired) electrons. The summed E-state index contributed by atoms with van der Waals surface area (Å²) in [5.74, 6) is -0.665. The molecule has 1 aliphatic rings. The van der Waals surface area contributed by atoms with Crippen molar-refractivity contribution < 1.29 is 18.0 Å². The van der Waals surface area contributed by atoms with Gasteiger partial charge < -0.3 is 10.2 Å². The number of nitrogens with zero attached hydrogens (tertiary/aromatic N) is 2. The van der Waals surface area contributed by atoms with Gasteiger partial charge in [0, 0.05) is 23.5 Å². The molecule has 1 saturated carbocycles. The summed E-state index contributed by atoms with van der Waals surface area (Å²) in [5.41, 5.74) is 3.24. The van der Waals surface area contributed by atoms with E-state index in [-0.39, 0.29) is 18.5 Å². The molecule has 7 nitrogen and oxygen atoms in total. The van der Waals surface area contributed by atoms with Gasteiger partial charge in [-0.1, -0.05) is 88.9 Å². The summed E-state index contributed by atoms with van der Waals surface area (Å²) in [5, 5.41) is 3.18. The van der Waals surface area contributed by atoms with Gasteiger partial charge in [-0.25, -0.2) is 8.42 Å². The lowest BCUT2D eigenvalue weighted by atomic mass is 10.0. The van der Waals surface area contributed by atoms with E-state index in [0.29, 0.717) is 12.1 Å². The topological polar surface area (TPSA) is 86.8 Å². The first-order chi connectivity index (χ1) is 19.1. The van der Waals surface area contributed by atoms with E-state index in [2.05, 4.69) is 21.2 Å². The van der Waals surface area contributed by atoms with Crippen LogP contribution >= 0.6 is 15.9 Å². The maximum Gasteiger partial charge on any atom is 0.244 e. The molecule has 3 aromatic carbocycles. The summed E-state index contributed by atoms with van der Waals surface area (Å²) in [6.45, 7) is 1.74. The normalized spacial score (nSPS) is 14.5. The Morgan fingerprint density at radius 3 is 2.15 bits per heavy atom. The fourth-order valence-corrected chi connectivity index (χ4v) is 6.15. The van der Waals surface area contributed by atoms with Crippen LogP contribution in [-0.2, 0) is 32.6 Å². The molecular formula is C31H36BrN3O4S. The third-order valence-electron chi connectivity index (χ3n) is 7.24. The molecular weight excluding hydrogens is 590 g/mol. The number of rotatable bonds is 11. The van der Waals surface area contributed by atoms with Gasteiger partial charge in [-0.15, -0.1) is 0 Å². The third-order valence-corrected chi connectivity index (χ3v) is 8.91. The van der Waals surface area contributed by atoms with Crippen LogP contribution in [0.15, 0.2) is 83.3 Å². The van der Waals surface area contributed by atoms with E-state index < -0.39 is 28.5 Å². The molecule has 0 spiro atoms. The van der Waals surface area contributed by atoms with Crippen LogP contribution in [0.25, 0.3) is 0 Å².